The molecule has 2 amide bonds. The van der Waals surface area contributed by atoms with Crippen LogP contribution in [-0.4, -0.2) is 59.3 Å². The number of amides is 2. The number of carbonyl (C=O) groups excluding carboxylic acids is 2. The summed E-state index contributed by atoms with van der Waals surface area (Å²) in [6, 6.07) is 18.4. The third kappa shape index (κ3) is 6.89. The number of carbonyl (C=O) groups is 2. The Labute approximate surface area is 245 Å². The topological polar surface area (TPSA) is 109 Å². The zero-order chi connectivity index (χ0) is 29.4. The number of nitrogens with one attached hydrogen (secondary N) is 1. The van der Waals surface area contributed by atoms with E-state index in [9.17, 15) is 18.0 Å². The van der Waals surface area contributed by atoms with E-state index >= 15 is 0 Å². The number of aromatic nitrogens is 1. The number of halogens is 1. The van der Waals surface area contributed by atoms with Crippen LogP contribution in [0.5, 0.6) is 0 Å². The van der Waals surface area contributed by atoms with Crippen molar-refractivity contribution in [3.8, 4) is 0 Å². The first-order valence-corrected chi connectivity index (χ1v) is 15.3. The average molecular weight is 597 g/mol. The molecule has 5 rings (SSSR count). The molecule has 0 radical (unpaired) electrons. The fraction of sp³-hybridized carbons (Fsp3) is 0.367. The highest BCUT2D eigenvalue weighted by atomic mass is 35.5. The first kappa shape index (κ1) is 29.0. The van der Waals surface area contributed by atoms with E-state index in [0.29, 0.717) is 29.4 Å². The van der Waals surface area contributed by atoms with E-state index in [1.807, 2.05) is 26.8 Å². The maximum absolute atomic E-state index is 13.5. The molecule has 1 saturated carbocycles. The van der Waals surface area contributed by atoms with Crippen molar-refractivity contribution in [1.29, 1.82) is 0 Å². The Morgan fingerprint density at radius 1 is 1.00 bits per heavy atom. The molecule has 2 heterocycles. The number of hydrogen-bond donors (Lipinski definition) is 1. The summed E-state index contributed by atoms with van der Waals surface area (Å²) in [5, 5.41) is 3.53. The first-order chi connectivity index (χ1) is 19.4. The molecule has 3 aromatic rings. The van der Waals surface area contributed by atoms with Gasteiger partial charge in [0, 0.05) is 54.3 Å². The molecule has 41 heavy (non-hydrogen) atoms. The number of likely N-dealkylation sites (tertiary alicyclic amines) is 1. The Morgan fingerprint density at radius 2 is 1.66 bits per heavy atom. The molecule has 11 heteroatoms. The van der Waals surface area contributed by atoms with Crippen LogP contribution in [0.3, 0.4) is 0 Å². The molecular formula is C30H33ClN4O5S. The minimum atomic E-state index is -3.86. The van der Waals surface area contributed by atoms with Crippen molar-refractivity contribution in [3.63, 3.8) is 0 Å². The fourth-order valence-corrected chi connectivity index (χ4v) is 6.60. The van der Waals surface area contributed by atoms with Gasteiger partial charge in [-0.1, -0.05) is 29.8 Å². The van der Waals surface area contributed by atoms with Crippen molar-refractivity contribution in [2.75, 3.05) is 13.1 Å². The van der Waals surface area contributed by atoms with Crippen LogP contribution in [0.1, 0.15) is 42.4 Å². The van der Waals surface area contributed by atoms with E-state index in [4.69, 9.17) is 16.3 Å². The highest BCUT2D eigenvalue weighted by molar-refractivity contribution is 7.89. The minimum Gasteiger partial charge on any atom is -0.444 e. The van der Waals surface area contributed by atoms with Gasteiger partial charge in [0.15, 0.2) is 0 Å². The van der Waals surface area contributed by atoms with E-state index in [1.54, 1.807) is 59.6 Å². The lowest BCUT2D eigenvalue weighted by molar-refractivity contribution is 0.0270. The summed E-state index contributed by atoms with van der Waals surface area (Å²) < 4.78 is 33.9. The van der Waals surface area contributed by atoms with Crippen molar-refractivity contribution < 1.29 is 22.7 Å². The predicted octanol–water partition coefficient (Wildman–Crippen LogP) is 4.72. The molecule has 2 aromatic carbocycles. The van der Waals surface area contributed by atoms with Gasteiger partial charge in [-0.05, 0) is 74.9 Å². The summed E-state index contributed by atoms with van der Waals surface area (Å²) >= 11 is 5.97. The van der Waals surface area contributed by atoms with Crippen molar-refractivity contribution in [3.05, 3.63) is 94.8 Å². The maximum atomic E-state index is 13.5. The lowest BCUT2D eigenvalue weighted by atomic mass is 10.1. The molecule has 0 bridgehead atoms. The summed E-state index contributed by atoms with van der Waals surface area (Å²) in [5.41, 5.74) is 1.28. The smallest absolute Gasteiger partial charge is 0.410 e. The number of fused-ring (bicyclic) bond motifs is 1. The molecule has 1 aromatic heterocycles. The van der Waals surface area contributed by atoms with E-state index in [1.165, 1.54) is 16.4 Å². The SMILES string of the molecule is CC(C)(C)OC(=O)N1C[C@@H]2[C@H](C1)[C@H]2NC(=O)c1ccc(CN(Cc2ccccn2)S(=O)(=O)c2ccc(Cl)cc2)cc1. The molecule has 1 N–H and O–H groups in total. The first-order valence-electron chi connectivity index (χ1n) is 13.4. The van der Waals surface area contributed by atoms with Gasteiger partial charge in [0.25, 0.3) is 5.91 Å². The maximum Gasteiger partial charge on any atom is 0.410 e. The van der Waals surface area contributed by atoms with Gasteiger partial charge in [-0.15, -0.1) is 0 Å². The van der Waals surface area contributed by atoms with E-state index in [0.717, 1.165) is 5.56 Å². The summed E-state index contributed by atoms with van der Waals surface area (Å²) in [6.07, 6.45) is 1.30. The molecule has 9 nitrogen and oxygen atoms in total. The normalized spacial score (nSPS) is 20.0. The largest absolute Gasteiger partial charge is 0.444 e. The van der Waals surface area contributed by atoms with Gasteiger partial charge in [-0.25, -0.2) is 13.2 Å². The number of pyridine rings is 1. The Balaban J connectivity index is 1.22. The van der Waals surface area contributed by atoms with Crippen molar-refractivity contribution in [2.24, 2.45) is 11.8 Å². The number of nitrogens with zero attached hydrogens (tertiary/aromatic N) is 3. The van der Waals surface area contributed by atoms with Crippen LogP contribution in [-0.2, 0) is 27.8 Å². The highest BCUT2D eigenvalue weighted by Crippen LogP contribution is 2.46. The minimum absolute atomic E-state index is 0.0271. The second kappa shape index (κ2) is 11.4. The second-order valence-electron chi connectivity index (χ2n) is 11.5. The van der Waals surface area contributed by atoms with Gasteiger partial charge in [0.05, 0.1) is 17.1 Å². The van der Waals surface area contributed by atoms with E-state index in [-0.39, 0.29) is 47.9 Å². The lowest BCUT2D eigenvalue weighted by Crippen LogP contribution is -2.40. The van der Waals surface area contributed by atoms with Gasteiger partial charge in [0.1, 0.15) is 5.60 Å². The number of ether oxygens (including phenoxy) is 1. The van der Waals surface area contributed by atoms with Gasteiger partial charge in [-0.2, -0.15) is 4.31 Å². The Morgan fingerprint density at radius 3 is 2.24 bits per heavy atom. The number of sulfonamides is 1. The van der Waals surface area contributed by atoms with Crippen LogP contribution in [0.2, 0.25) is 5.02 Å². The predicted molar refractivity (Wildman–Crippen MR) is 155 cm³/mol. The van der Waals surface area contributed by atoms with Gasteiger partial charge in [0.2, 0.25) is 10.0 Å². The summed E-state index contributed by atoms with van der Waals surface area (Å²) in [6.45, 7) is 6.83. The zero-order valence-corrected chi connectivity index (χ0v) is 24.7. The molecule has 3 atom stereocenters. The van der Waals surface area contributed by atoms with Gasteiger partial charge < -0.3 is 15.0 Å². The molecule has 0 spiro atoms. The van der Waals surface area contributed by atoms with Crippen molar-refractivity contribution >= 4 is 33.6 Å². The zero-order valence-electron chi connectivity index (χ0n) is 23.2. The Kier molecular flexibility index (Phi) is 8.09. The summed E-state index contributed by atoms with van der Waals surface area (Å²) in [4.78, 5) is 31.4. The molecule has 1 saturated heterocycles. The molecule has 2 aliphatic rings. The quantitative estimate of drug-likeness (QED) is 0.403. The number of benzene rings is 2. The standard InChI is InChI=1S/C30H33ClN4O5S/c1-30(2,3)40-29(37)34-18-25-26(19-34)27(25)33-28(36)21-9-7-20(8-10-21)16-35(17-23-6-4-5-15-32-23)41(38,39)24-13-11-22(31)12-14-24/h4-15,25-27H,16-19H2,1-3H3,(H,33,36)/t25-,26+,27+. The third-order valence-electron chi connectivity index (χ3n) is 7.23. The lowest BCUT2D eigenvalue weighted by Gasteiger charge is -2.26. The van der Waals surface area contributed by atoms with E-state index < -0.39 is 15.6 Å². The van der Waals surface area contributed by atoms with Crippen LogP contribution in [0, 0.1) is 11.8 Å². The van der Waals surface area contributed by atoms with Crippen LogP contribution in [0.4, 0.5) is 4.79 Å². The summed E-state index contributed by atoms with van der Waals surface area (Å²) in [5.74, 6) is 0.256. The van der Waals surface area contributed by atoms with Crippen molar-refractivity contribution in [1.82, 2.24) is 19.5 Å². The molecular weight excluding hydrogens is 564 g/mol. The molecule has 2 fully saturated rings. The van der Waals surface area contributed by atoms with Gasteiger partial charge in [-0.3, -0.25) is 9.78 Å². The van der Waals surface area contributed by atoms with E-state index in [2.05, 4.69) is 10.3 Å². The third-order valence-corrected chi connectivity index (χ3v) is 9.29. The molecule has 0 unspecified atom stereocenters. The number of rotatable bonds is 8. The Hall–Kier alpha value is -3.47. The molecule has 216 valence electrons. The second-order valence-corrected chi connectivity index (χ2v) is 13.8. The van der Waals surface area contributed by atoms with Crippen LogP contribution in [0.25, 0.3) is 0 Å². The number of piperidine rings is 1. The van der Waals surface area contributed by atoms with Crippen LogP contribution in [0.15, 0.2) is 77.8 Å². The number of hydrogen-bond acceptors (Lipinski definition) is 6. The monoisotopic (exact) mass is 596 g/mol. The van der Waals surface area contributed by atoms with Crippen molar-refractivity contribution in [2.45, 2.75) is 50.4 Å². The molecule has 1 aliphatic carbocycles. The fourth-order valence-electron chi connectivity index (χ4n) is 5.07. The molecule has 1 aliphatic heterocycles. The van der Waals surface area contributed by atoms with Crippen LogP contribution >= 0.6 is 11.6 Å². The Bertz CT molecular complexity index is 1500. The van der Waals surface area contributed by atoms with Crippen LogP contribution < -0.4 is 5.32 Å². The highest BCUT2D eigenvalue weighted by Gasteiger charge is 2.58. The average Bonchev–Trinajstić information content (AvgIpc) is 3.34. The van der Waals surface area contributed by atoms with Gasteiger partial charge >= 0.3 is 6.09 Å². The summed E-state index contributed by atoms with van der Waals surface area (Å²) in [7, 11) is -3.86.